The van der Waals surface area contributed by atoms with Crippen LogP contribution in [0.4, 0.5) is 11.4 Å². The van der Waals surface area contributed by atoms with Crippen molar-refractivity contribution in [1.29, 1.82) is 0 Å². The van der Waals surface area contributed by atoms with Crippen molar-refractivity contribution >= 4 is 23.2 Å². The molecular weight excluding hydrogens is 436 g/mol. The minimum atomic E-state index is -0.496. The van der Waals surface area contributed by atoms with Crippen LogP contribution in [-0.4, -0.2) is 31.4 Å². The van der Waals surface area contributed by atoms with Gasteiger partial charge in [0.2, 0.25) is 0 Å². The van der Waals surface area contributed by atoms with Gasteiger partial charge in [-0.3, -0.25) is 19.0 Å². The summed E-state index contributed by atoms with van der Waals surface area (Å²) >= 11 is 0. The van der Waals surface area contributed by atoms with E-state index < -0.39 is 11.8 Å². The van der Waals surface area contributed by atoms with Gasteiger partial charge >= 0.3 is 0 Å². The van der Waals surface area contributed by atoms with Gasteiger partial charge in [-0.25, -0.2) is 0 Å². The summed E-state index contributed by atoms with van der Waals surface area (Å²) in [5.41, 5.74) is 2.90. The maximum atomic E-state index is 13.0. The van der Waals surface area contributed by atoms with Gasteiger partial charge in [-0.05, 0) is 44.5 Å². The molecule has 10 nitrogen and oxygen atoms in total. The summed E-state index contributed by atoms with van der Waals surface area (Å²) in [6, 6.07) is 10.9. The van der Waals surface area contributed by atoms with Crippen molar-refractivity contribution in [3.63, 3.8) is 0 Å². The molecule has 0 atom stereocenters. The zero-order valence-corrected chi connectivity index (χ0v) is 19.5. The van der Waals surface area contributed by atoms with Crippen LogP contribution >= 0.6 is 0 Å². The normalized spacial score (nSPS) is 10.8. The number of aromatic nitrogens is 4. The third-order valence-corrected chi connectivity index (χ3v) is 5.43. The molecule has 0 aliphatic carbocycles. The average molecular weight is 463 g/mol. The number of carbonyl (C=O) groups excluding carboxylic acids is 2. The first-order valence-corrected chi connectivity index (χ1v) is 10.8. The van der Waals surface area contributed by atoms with Crippen LogP contribution in [0.2, 0.25) is 0 Å². The number of rotatable bonds is 8. The molecule has 0 saturated heterocycles. The van der Waals surface area contributed by atoms with Crippen LogP contribution < -0.4 is 15.4 Å². The molecule has 3 aromatic heterocycles. The highest BCUT2D eigenvalue weighted by molar-refractivity contribution is 6.11. The zero-order chi connectivity index (χ0) is 24.2. The summed E-state index contributed by atoms with van der Waals surface area (Å²) in [7, 11) is 1.79. The molecule has 2 N–H and O–H groups in total. The first-order chi connectivity index (χ1) is 16.4. The number of nitrogens with zero attached hydrogens (tertiary/aromatic N) is 4. The van der Waals surface area contributed by atoms with Gasteiger partial charge in [0.25, 0.3) is 11.8 Å². The summed E-state index contributed by atoms with van der Waals surface area (Å²) in [5.74, 6) is 0.447. The van der Waals surface area contributed by atoms with Crippen molar-refractivity contribution < 1.29 is 18.7 Å². The van der Waals surface area contributed by atoms with E-state index in [4.69, 9.17) is 9.15 Å². The second-order valence-electron chi connectivity index (χ2n) is 7.72. The van der Waals surface area contributed by atoms with E-state index in [-0.39, 0.29) is 23.7 Å². The van der Waals surface area contributed by atoms with E-state index in [0.717, 1.165) is 17.0 Å². The molecule has 0 radical (unpaired) electrons. The summed E-state index contributed by atoms with van der Waals surface area (Å²) in [6.07, 6.45) is 3.01. The maximum absolute atomic E-state index is 13.0. The molecule has 0 bridgehead atoms. The highest BCUT2D eigenvalue weighted by atomic mass is 16.5. The lowest BCUT2D eigenvalue weighted by molar-refractivity contribution is 0.0992. The fourth-order valence-corrected chi connectivity index (χ4v) is 3.39. The van der Waals surface area contributed by atoms with E-state index in [1.165, 1.54) is 10.9 Å². The van der Waals surface area contributed by atoms with E-state index >= 15 is 0 Å². The van der Waals surface area contributed by atoms with Gasteiger partial charge < -0.3 is 19.8 Å². The molecule has 0 fully saturated rings. The number of anilines is 2. The number of furan rings is 1. The molecule has 0 aliphatic rings. The van der Waals surface area contributed by atoms with Gasteiger partial charge in [0.05, 0.1) is 29.5 Å². The number of hydrogen-bond donors (Lipinski definition) is 2. The standard InChI is InChI=1S/C24H26N6O4/c1-5-30-22(24(32)27-18-12-25-29(4)16(18)3)19(13-26-30)28-23(31)21-11-10-17(34-21)14-33-20-9-7-6-8-15(20)2/h6-13H,5,14H2,1-4H3,(H,27,32)(H,28,31). The fraction of sp³-hybridized carbons (Fsp3) is 0.250. The number of carbonyl (C=O) groups is 2. The Morgan fingerprint density at radius 1 is 1.00 bits per heavy atom. The van der Waals surface area contributed by atoms with Crippen LogP contribution in [0.15, 0.2) is 53.2 Å². The summed E-state index contributed by atoms with van der Waals surface area (Å²) in [4.78, 5) is 25.8. The second-order valence-corrected chi connectivity index (χ2v) is 7.72. The molecule has 4 aromatic rings. The third-order valence-electron chi connectivity index (χ3n) is 5.43. The van der Waals surface area contributed by atoms with Crippen LogP contribution in [0.25, 0.3) is 0 Å². The Labute approximate surface area is 196 Å². The molecule has 3 heterocycles. The van der Waals surface area contributed by atoms with E-state index in [9.17, 15) is 9.59 Å². The van der Waals surface area contributed by atoms with Crippen molar-refractivity contribution in [2.45, 2.75) is 33.9 Å². The van der Waals surface area contributed by atoms with Gasteiger partial charge in [-0.1, -0.05) is 18.2 Å². The molecule has 2 amide bonds. The first kappa shape index (κ1) is 22.8. The number of benzene rings is 1. The Balaban J connectivity index is 1.46. The Hall–Kier alpha value is -4.34. The van der Waals surface area contributed by atoms with Gasteiger partial charge in [-0.15, -0.1) is 0 Å². The molecule has 1 aromatic carbocycles. The minimum Gasteiger partial charge on any atom is -0.485 e. The molecule has 10 heteroatoms. The van der Waals surface area contributed by atoms with Crippen molar-refractivity contribution in [2.75, 3.05) is 10.6 Å². The van der Waals surface area contributed by atoms with E-state index in [0.29, 0.717) is 18.0 Å². The fourth-order valence-electron chi connectivity index (χ4n) is 3.39. The largest absolute Gasteiger partial charge is 0.485 e. The number of hydrogen-bond acceptors (Lipinski definition) is 6. The van der Waals surface area contributed by atoms with Crippen molar-refractivity contribution in [2.24, 2.45) is 7.05 Å². The van der Waals surface area contributed by atoms with Crippen LogP contribution in [-0.2, 0) is 20.2 Å². The number of aryl methyl sites for hydroxylation is 3. The van der Waals surface area contributed by atoms with Gasteiger partial charge in [0, 0.05) is 13.6 Å². The van der Waals surface area contributed by atoms with Gasteiger partial charge in [-0.2, -0.15) is 10.2 Å². The predicted octanol–water partition coefficient (Wildman–Crippen LogP) is 3.93. The molecule has 4 rings (SSSR count). The van der Waals surface area contributed by atoms with E-state index in [1.807, 2.05) is 45.0 Å². The van der Waals surface area contributed by atoms with Crippen molar-refractivity contribution in [1.82, 2.24) is 19.6 Å². The monoisotopic (exact) mass is 462 g/mol. The molecule has 176 valence electrons. The lowest BCUT2D eigenvalue weighted by atomic mass is 10.2. The zero-order valence-electron chi connectivity index (χ0n) is 19.5. The smallest absolute Gasteiger partial charge is 0.291 e. The topological polar surface area (TPSA) is 116 Å². The molecule has 0 saturated carbocycles. The predicted molar refractivity (Wildman–Crippen MR) is 126 cm³/mol. The van der Waals surface area contributed by atoms with Crippen LogP contribution in [0.1, 0.15) is 45.0 Å². The van der Waals surface area contributed by atoms with Crippen LogP contribution in [0, 0.1) is 13.8 Å². The number of ether oxygens (including phenoxy) is 1. The van der Waals surface area contributed by atoms with Gasteiger partial charge in [0.1, 0.15) is 23.8 Å². The van der Waals surface area contributed by atoms with Crippen molar-refractivity contribution in [3.05, 3.63) is 77.3 Å². The van der Waals surface area contributed by atoms with Crippen molar-refractivity contribution in [3.8, 4) is 5.75 Å². The summed E-state index contributed by atoms with van der Waals surface area (Å²) < 4.78 is 14.6. The molecule has 0 unspecified atom stereocenters. The second kappa shape index (κ2) is 9.65. The lowest BCUT2D eigenvalue weighted by Crippen LogP contribution is -2.21. The minimum absolute atomic E-state index is 0.0992. The highest BCUT2D eigenvalue weighted by Gasteiger charge is 2.22. The van der Waals surface area contributed by atoms with E-state index in [1.54, 1.807) is 30.1 Å². The Bertz CT molecular complexity index is 1330. The average Bonchev–Trinajstić information content (AvgIpc) is 3.54. The first-order valence-electron chi connectivity index (χ1n) is 10.8. The van der Waals surface area contributed by atoms with Crippen LogP contribution in [0.3, 0.4) is 0 Å². The third kappa shape index (κ3) is 4.70. The SMILES string of the molecule is CCn1ncc(NC(=O)c2ccc(COc3ccccc3C)o2)c1C(=O)Nc1cnn(C)c1C. The Morgan fingerprint density at radius 2 is 1.74 bits per heavy atom. The summed E-state index contributed by atoms with van der Waals surface area (Å²) in [5, 5.41) is 13.9. The summed E-state index contributed by atoms with van der Waals surface area (Å²) in [6.45, 7) is 6.30. The quantitative estimate of drug-likeness (QED) is 0.410. The molecule has 0 aliphatic heterocycles. The van der Waals surface area contributed by atoms with Crippen LogP contribution in [0.5, 0.6) is 5.75 Å². The van der Waals surface area contributed by atoms with E-state index in [2.05, 4.69) is 20.8 Å². The van der Waals surface area contributed by atoms with Gasteiger partial charge in [0.15, 0.2) is 5.76 Å². The molecule has 34 heavy (non-hydrogen) atoms. The number of para-hydroxylation sites is 1. The highest BCUT2D eigenvalue weighted by Crippen LogP contribution is 2.22. The maximum Gasteiger partial charge on any atom is 0.291 e. The molecule has 0 spiro atoms. The number of amides is 2. The lowest BCUT2D eigenvalue weighted by Gasteiger charge is -2.09. The number of nitrogens with one attached hydrogen (secondary N) is 2. The Kier molecular flexibility index (Phi) is 6.48. The Morgan fingerprint density at radius 3 is 2.44 bits per heavy atom. The molecular formula is C24H26N6O4.